The lowest BCUT2D eigenvalue weighted by atomic mass is 9.91. The number of nitrogens with zero attached hydrogens (tertiary/aromatic N) is 2. The standard InChI is InChI=1S/C21H22N4O5S/c1-12-19(13(2)26)20(23-21(31)24(12)22)15-9-17(29-3)18(10-16(15)25(27)28)30-11-14-7-5-4-6-8-14/h4-10,20H,11,22H2,1-3H3,(H,23,31)/t20-/m0/s1. The molecule has 0 aromatic heterocycles. The predicted molar refractivity (Wildman–Crippen MR) is 118 cm³/mol. The maximum Gasteiger partial charge on any atom is 0.279 e. The number of benzene rings is 2. The molecule has 0 spiro atoms. The molecule has 1 atom stereocenters. The van der Waals surface area contributed by atoms with Crippen LogP contribution >= 0.6 is 12.2 Å². The number of nitrogens with one attached hydrogen (secondary N) is 1. The molecule has 0 radical (unpaired) electrons. The number of rotatable bonds is 7. The lowest BCUT2D eigenvalue weighted by molar-refractivity contribution is -0.385. The Labute approximate surface area is 184 Å². The summed E-state index contributed by atoms with van der Waals surface area (Å²) in [6.07, 6.45) is 0. The predicted octanol–water partition coefficient (Wildman–Crippen LogP) is 3.15. The van der Waals surface area contributed by atoms with Crippen LogP contribution in [0.25, 0.3) is 0 Å². The van der Waals surface area contributed by atoms with E-state index in [0.717, 1.165) is 5.56 Å². The Bertz CT molecular complexity index is 1070. The van der Waals surface area contributed by atoms with Crippen molar-refractivity contribution < 1.29 is 19.2 Å². The van der Waals surface area contributed by atoms with Crippen LogP contribution < -0.4 is 20.6 Å². The fourth-order valence-corrected chi connectivity index (χ4v) is 3.66. The summed E-state index contributed by atoms with van der Waals surface area (Å²) >= 11 is 5.23. The van der Waals surface area contributed by atoms with Gasteiger partial charge in [0.1, 0.15) is 6.61 Å². The van der Waals surface area contributed by atoms with Crippen molar-refractivity contribution in [3.63, 3.8) is 0 Å². The Hall–Kier alpha value is -3.50. The minimum absolute atomic E-state index is 0.144. The molecule has 3 rings (SSSR count). The highest BCUT2D eigenvalue weighted by molar-refractivity contribution is 7.80. The third-order valence-corrected chi connectivity index (χ3v) is 5.28. The number of hydrazine groups is 1. The van der Waals surface area contributed by atoms with Crippen LogP contribution in [0.3, 0.4) is 0 Å². The van der Waals surface area contributed by atoms with Gasteiger partial charge in [-0.25, -0.2) is 5.84 Å². The van der Waals surface area contributed by atoms with E-state index in [9.17, 15) is 14.9 Å². The van der Waals surface area contributed by atoms with E-state index in [2.05, 4.69) is 5.32 Å². The van der Waals surface area contributed by atoms with Gasteiger partial charge in [0.2, 0.25) is 0 Å². The van der Waals surface area contributed by atoms with E-state index in [-0.39, 0.29) is 40.1 Å². The van der Waals surface area contributed by atoms with E-state index in [1.807, 2.05) is 30.3 Å². The van der Waals surface area contributed by atoms with Gasteiger partial charge < -0.3 is 14.8 Å². The van der Waals surface area contributed by atoms with Gasteiger partial charge in [-0.3, -0.25) is 19.9 Å². The summed E-state index contributed by atoms with van der Waals surface area (Å²) < 4.78 is 11.2. The van der Waals surface area contributed by atoms with E-state index < -0.39 is 11.0 Å². The van der Waals surface area contributed by atoms with Gasteiger partial charge in [-0.2, -0.15) is 0 Å². The molecule has 0 aliphatic carbocycles. The van der Waals surface area contributed by atoms with Gasteiger partial charge >= 0.3 is 0 Å². The Morgan fingerprint density at radius 3 is 2.55 bits per heavy atom. The Kier molecular flexibility index (Phi) is 6.52. The number of Topliss-reactive ketones (excluding diaryl/α,β-unsaturated/α-hetero) is 1. The van der Waals surface area contributed by atoms with Crippen molar-refractivity contribution in [2.24, 2.45) is 5.84 Å². The van der Waals surface area contributed by atoms with E-state index in [1.165, 1.54) is 31.2 Å². The number of thiocarbonyl (C=S) groups is 1. The first-order chi connectivity index (χ1) is 14.7. The fraction of sp³-hybridized carbons (Fsp3) is 0.238. The van der Waals surface area contributed by atoms with Crippen molar-refractivity contribution >= 4 is 28.8 Å². The molecule has 2 aromatic carbocycles. The van der Waals surface area contributed by atoms with Crippen molar-refractivity contribution in [2.45, 2.75) is 26.5 Å². The van der Waals surface area contributed by atoms with Crippen LogP contribution in [-0.2, 0) is 11.4 Å². The second-order valence-electron chi connectivity index (χ2n) is 6.90. The first-order valence-electron chi connectivity index (χ1n) is 9.34. The van der Waals surface area contributed by atoms with E-state index in [1.54, 1.807) is 6.92 Å². The van der Waals surface area contributed by atoms with Crippen LogP contribution in [0.15, 0.2) is 53.7 Å². The third kappa shape index (κ3) is 4.49. The van der Waals surface area contributed by atoms with Crippen molar-refractivity contribution in [3.8, 4) is 11.5 Å². The molecule has 31 heavy (non-hydrogen) atoms. The average Bonchev–Trinajstić information content (AvgIpc) is 2.75. The molecule has 1 heterocycles. The zero-order valence-corrected chi connectivity index (χ0v) is 18.1. The number of carbonyl (C=O) groups excluding carboxylic acids is 1. The SMILES string of the molecule is COc1cc([C@@H]2NC(=S)N(N)C(C)=C2C(C)=O)c([N+](=O)[O-])cc1OCc1ccccc1. The molecule has 0 unspecified atom stereocenters. The Morgan fingerprint density at radius 2 is 1.97 bits per heavy atom. The molecule has 0 saturated heterocycles. The summed E-state index contributed by atoms with van der Waals surface area (Å²) in [5.74, 6) is 6.12. The number of carbonyl (C=O) groups is 1. The van der Waals surface area contributed by atoms with Gasteiger partial charge in [0, 0.05) is 11.3 Å². The largest absolute Gasteiger partial charge is 0.493 e. The monoisotopic (exact) mass is 442 g/mol. The van der Waals surface area contributed by atoms with Crippen LogP contribution in [0.5, 0.6) is 11.5 Å². The molecular formula is C21H22N4O5S. The summed E-state index contributed by atoms with van der Waals surface area (Å²) in [7, 11) is 1.44. The summed E-state index contributed by atoms with van der Waals surface area (Å²) in [5, 5.41) is 16.1. The van der Waals surface area contributed by atoms with E-state index in [4.69, 9.17) is 27.5 Å². The minimum Gasteiger partial charge on any atom is -0.493 e. The molecule has 10 heteroatoms. The number of nitrogens with two attached hydrogens (primary N) is 1. The number of hydrogen-bond acceptors (Lipinski definition) is 7. The summed E-state index contributed by atoms with van der Waals surface area (Å²) in [6, 6.07) is 11.3. The minimum atomic E-state index is -0.859. The van der Waals surface area contributed by atoms with E-state index in [0.29, 0.717) is 11.4 Å². The Morgan fingerprint density at radius 1 is 1.29 bits per heavy atom. The summed E-state index contributed by atoms with van der Waals surface area (Å²) in [4.78, 5) is 23.7. The first kappa shape index (κ1) is 22.2. The lowest BCUT2D eigenvalue weighted by Crippen LogP contribution is -2.50. The molecule has 1 aliphatic rings. The van der Waals surface area contributed by atoms with Gasteiger partial charge in [0.15, 0.2) is 22.4 Å². The number of ketones is 1. The van der Waals surface area contributed by atoms with Gasteiger partial charge in [-0.15, -0.1) is 0 Å². The molecular weight excluding hydrogens is 420 g/mol. The highest BCUT2D eigenvalue weighted by Gasteiger charge is 2.36. The second-order valence-corrected chi connectivity index (χ2v) is 7.29. The van der Waals surface area contributed by atoms with Crippen LogP contribution in [0, 0.1) is 10.1 Å². The molecule has 1 aliphatic heterocycles. The number of hydrogen-bond donors (Lipinski definition) is 2. The number of methoxy groups -OCH3 is 1. The van der Waals surface area contributed by atoms with Crippen LogP contribution in [0.1, 0.15) is 31.0 Å². The lowest BCUT2D eigenvalue weighted by Gasteiger charge is -2.34. The maximum absolute atomic E-state index is 12.4. The van der Waals surface area contributed by atoms with Gasteiger partial charge in [0.05, 0.1) is 29.7 Å². The van der Waals surface area contributed by atoms with Gasteiger partial charge in [-0.1, -0.05) is 30.3 Å². The molecule has 0 bridgehead atoms. The van der Waals surface area contributed by atoms with Crippen molar-refractivity contribution in [3.05, 3.63) is 75.0 Å². The zero-order valence-electron chi connectivity index (χ0n) is 17.2. The van der Waals surface area contributed by atoms with Crippen LogP contribution in [-0.4, -0.2) is 27.9 Å². The highest BCUT2D eigenvalue weighted by Crippen LogP contribution is 2.41. The molecule has 162 valence electrons. The fourth-order valence-electron chi connectivity index (χ4n) is 3.41. The second kappa shape index (κ2) is 9.11. The molecule has 2 aromatic rings. The maximum atomic E-state index is 12.4. The summed E-state index contributed by atoms with van der Waals surface area (Å²) in [6.45, 7) is 3.21. The Balaban J connectivity index is 2.09. The van der Waals surface area contributed by atoms with Crippen LogP contribution in [0.4, 0.5) is 5.69 Å². The molecule has 0 fully saturated rings. The van der Waals surface area contributed by atoms with Crippen molar-refractivity contribution in [2.75, 3.05) is 7.11 Å². The number of nitro benzene ring substituents is 1. The smallest absolute Gasteiger partial charge is 0.279 e. The molecule has 9 nitrogen and oxygen atoms in total. The molecule has 0 amide bonds. The van der Waals surface area contributed by atoms with Crippen LogP contribution in [0.2, 0.25) is 0 Å². The normalized spacial score (nSPS) is 16.1. The van der Waals surface area contributed by atoms with Crippen molar-refractivity contribution in [1.29, 1.82) is 0 Å². The number of allylic oxidation sites excluding steroid dienone is 1. The van der Waals surface area contributed by atoms with Crippen molar-refractivity contribution in [1.82, 2.24) is 10.3 Å². The number of ether oxygens (including phenoxy) is 2. The summed E-state index contributed by atoms with van der Waals surface area (Å²) in [5.41, 5.74) is 1.57. The topological polar surface area (TPSA) is 120 Å². The molecule has 0 saturated carbocycles. The quantitative estimate of drug-likeness (QED) is 0.288. The third-order valence-electron chi connectivity index (χ3n) is 4.96. The first-order valence-corrected chi connectivity index (χ1v) is 9.75. The average molecular weight is 442 g/mol. The van der Waals surface area contributed by atoms with E-state index >= 15 is 0 Å². The highest BCUT2D eigenvalue weighted by atomic mass is 32.1. The zero-order chi connectivity index (χ0) is 22.7. The number of nitro groups is 1. The molecule has 3 N–H and O–H groups in total. The van der Waals surface area contributed by atoms with Gasteiger partial charge in [-0.05, 0) is 37.7 Å². The van der Waals surface area contributed by atoms with Gasteiger partial charge in [0.25, 0.3) is 5.69 Å².